The Hall–Kier alpha value is -4.13. The summed E-state index contributed by atoms with van der Waals surface area (Å²) in [7, 11) is 0. The summed E-state index contributed by atoms with van der Waals surface area (Å²) in [5.41, 5.74) is 4.43. The number of para-hydroxylation sites is 2. The van der Waals surface area contributed by atoms with Crippen LogP contribution in [0.5, 0.6) is 0 Å². The molecule has 3 saturated heterocycles. The molecule has 10 nitrogen and oxygen atoms in total. The van der Waals surface area contributed by atoms with Gasteiger partial charge < -0.3 is 25.3 Å². The van der Waals surface area contributed by atoms with Crippen molar-refractivity contribution in [3.63, 3.8) is 0 Å². The summed E-state index contributed by atoms with van der Waals surface area (Å²) in [5, 5.41) is 5.48. The van der Waals surface area contributed by atoms with Gasteiger partial charge in [0.1, 0.15) is 11.2 Å². The number of anilines is 2. The van der Waals surface area contributed by atoms with Crippen molar-refractivity contribution in [1.82, 2.24) is 24.5 Å². The van der Waals surface area contributed by atoms with Crippen LogP contribution in [0.2, 0.25) is 0 Å². The SMILES string of the molecule is CC(C)(C)N1CCN(CCNc2c(F)cccc2C2S[C@H](CC(=O)N3CCC(N4CCc5ccccc5NC4=O)CC3)C(=O)N2CCc2ccccc2)CC1. The van der Waals surface area contributed by atoms with Gasteiger partial charge in [0.15, 0.2) is 0 Å². The number of hydrogen-bond donors (Lipinski definition) is 2. The van der Waals surface area contributed by atoms with Crippen LogP contribution in [0.4, 0.5) is 20.6 Å². The minimum Gasteiger partial charge on any atom is -0.381 e. The van der Waals surface area contributed by atoms with Gasteiger partial charge in [-0.25, -0.2) is 9.18 Å². The van der Waals surface area contributed by atoms with Gasteiger partial charge >= 0.3 is 6.03 Å². The van der Waals surface area contributed by atoms with Crippen LogP contribution in [0.15, 0.2) is 72.8 Å². The number of nitrogens with one attached hydrogen (secondary N) is 2. The monoisotopic (exact) mass is 769 g/mol. The Bertz CT molecular complexity index is 1810. The van der Waals surface area contributed by atoms with Crippen molar-refractivity contribution in [3.8, 4) is 0 Å². The highest BCUT2D eigenvalue weighted by Crippen LogP contribution is 2.47. The van der Waals surface area contributed by atoms with Gasteiger partial charge in [-0.05, 0) is 69.7 Å². The lowest BCUT2D eigenvalue weighted by Crippen LogP contribution is -2.53. The minimum atomic E-state index is -0.573. The van der Waals surface area contributed by atoms with Crippen LogP contribution in [0, 0.1) is 5.82 Å². The van der Waals surface area contributed by atoms with Crippen LogP contribution in [0.1, 0.15) is 62.1 Å². The van der Waals surface area contributed by atoms with Crippen molar-refractivity contribution in [1.29, 1.82) is 0 Å². The molecule has 4 aliphatic rings. The number of urea groups is 1. The topological polar surface area (TPSA) is 91.5 Å². The van der Waals surface area contributed by atoms with Crippen LogP contribution >= 0.6 is 11.8 Å². The number of fused-ring (bicyclic) bond motifs is 1. The van der Waals surface area contributed by atoms with E-state index >= 15 is 4.39 Å². The Morgan fingerprint density at radius 2 is 1.60 bits per heavy atom. The molecule has 0 spiro atoms. The molecule has 4 amide bonds. The Balaban J connectivity index is 0.995. The predicted molar refractivity (Wildman–Crippen MR) is 219 cm³/mol. The van der Waals surface area contributed by atoms with E-state index in [0.29, 0.717) is 57.7 Å². The van der Waals surface area contributed by atoms with Gasteiger partial charge in [-0.1, -0.05) is 60.7 Å². The van der Waals surface area contributed by atoms with E-state index in [-0.39, 0.29) is 41.7 Å². The summed E-state index contributed by atoms with van der Waals surface area (Å²) in [6.45, 7) is 14.3. The Morgan fingerprint density at radius 1 is 0.873 bits per heavy atom. The predicted octanol–water partition coefficient (Wildman–Crippen LogP) is 6.31. The average molecular weight is 770 g/mol. The third-order valence-electron chi connectivity index (χ3n) is 11.7. The number of carbonyl (C=O) groups is 3. The van der Waals surface area contributed by atoms with E-state index in [0.717, 1.165) is 61.5 Å². The number of thioether (sulfide) groups is 1. The number of amides is 4. The molecule has 4 aliphatic heterocycles. The third kappa shape index (κ3) is 9.30. The fourth-order valence-electron chi connectivity index (χ4n) is 8.45. The molecule has 1 unspecified atom stereocenters. The summed E-state index contributed by atoms with van der Waals surface area (Å²) < 4.78 is 15.7. The Kier molecular flexibility index (Phi) is 12.3. The summed E-state index contributed by atoms with van der Waals surface area (Å²) in [6, 6.07) is 23.1. The van der Waals surface area contributed by atoms with E-state index in [9.17, 15) is 14.4 Å². The van der Waals surface area contributed by atoms with E-state index in [1.807, 2.05) is 57.2 Å². The zero-order chi connectivity index (χ0) is 38.5. The molecule has 3 aromatic carbocycles. The molecular weight excluding hydrogens is 714 g/mol. The zero-order valence-electron chi connectivity index (χ0n) is 32.5. The molecule has 0 radical (unpaired) electrons. The second-order valence-electron chi connectivity index (χ2n) is 16.2. The summed E-state index contributed by atoms with van der Waals surface area (Å²) in [5.74, 6) is -0.470. The second kappa shape index (κ2) is 17.3. The molecular formula is C43H56FN7O3S. The number of nitrogens with zero attached hydrogens (tertiary/aromatic N) is 5. The summed E-state index contributed by atoms with van der Waals surface area (Å²) in [4.78, 5) is 51.8. The highest BCUT2D eigenvalue weighted by molar-refractivity contribution is 8.01. The van der Waals surface area contributed by atoms with Crippen LogP contribution in [-0.2, 0) is 22.4 Å². The van der Waals surface area contributed by atoms with E-state index in [2.05, 4.69) is 59.4 Å². The van der Waals surface area contributed by atoms with Gasteiger partial charge in [-0.15, -0.1) is 11.8 Å². The first-order valence-corrected chi connectivity index (χ1v) is 20.9. The summed E-state index contributed by atoms with van der Waals surface area (Å²) in [6.07, 6.45) is 2.92. The standard InChI is InChI=1S/C43H56FN7O3S/c1-43(2,3)49-28-26-47(27-29-49)25-20-45-39-34(13-9-14-35(39)44)41-51(23-16-31-10-5-4-6-11-31)40(53)37(55-41)30-38(52)48-21-18-33(19-22-48)50-24-17-32-12-7-8-15-36(32)46-42(50)54/h4-15,33,37,41,45H,16-30H2,1-3H3,(H,46,54)/t37-,41?/m1/s1. The van der Waals surface area contributed by atoms with Crippen molar-refractivity contribution < 1.29 is 18.8 Å². The van der Waals surface area contributed by atoms with Gasteiger partial charge in [0.2, 0.25) is 11.8 Å². The fraction of sp³-hybridized carbons (Fsp3) is 0.512. The first-order valence-electron chi connectivity index (χ1n) is 20.0. The number of piperidine rings is 1. The molecule has 55 heavy (non-hydrogen) atoms. The molecule has 2 atom stereocenters. The van der Waals surface area contributed by atoms with Gasteiger partial charge in [0.25, 0.3) is 0 Å². The lowest BCUT2D eigenvalue weighted by molar-refractivity contribution is -0.136. The zero-order valence-corrected chi connectivity index (χ0v) is 33.3. The molecule has 3 aromatic rings. The highest BCUT2D eigenvalue weighted by Gasteiger charge is 2.44. The van der Waals surface area contributed by atoms with Gasteiger partial charge in [0, 0.05) is 94.7 Å². The maximum Gasteiger partial charge on any atom is 0.322 e. The molecule has 0 saturated carbocycles. The number of halogens is 1. The molecule has 3 fully saturated rings. The van der Waals surface area contributed by atoms with Crippen molar-refractivity contribution >= 4 is 41.0 Å². The molecule has 294 valence electrons. The first-order chi connectivity index (χ1) is 26.5. The second-order valence-corrected chi connectivity index (χ2v) is 17.5. The fourth-order valence-corrected chi connectivity index (χ4v) is 9.95. The van der Waals surface area contributed by atoms with Gasteiger partial charge in [-0.2, -0.15) is 0 Å². The van der Waals surface area contributed by atoms with E-state index in [4.69, 9.17) is 0 Å². The van der Waals surface area contributed by atoms with Gasteiger partial charge in [0.05, 0.1) is 10.9 Å². The lowest BCUT2D eigenvalue weighted by Gasteiger charge is -2.42. The van der Waals surface area contributed by atoms with E-state index in [1.54, 1.807) is 6.07 Å². The summed E-state index contributed by atoms with van der Waals surface area (Å²) >= 11 is 1.46. The Morgan fingerprint density at radius 3 is 2.35 bits per heavy atom. The highest BCUT2D eigenvalue weighted by atomic mass is 32.2. The van der Waals surface area contributed by atoms with Crippen molar-refractivity contribution in [3.05, 3.63) is 95.3 Å². The Labute approximate surface area is 329 Å². The number of hydrogen-bond acceptors (Lipinski definition) is 7. The normalized spacial score (nSPS) is 21.7. The quantitative estimate of drug-likeness (QED) is 0.237. The number of piperazine rings is 1. The van der Waals surface area contributed by atoms with Crippen LogP contribution in [-0.4, -0.2) is 125 Å². The van der Waals surface area contributed by atoms with Crippen LogP contribution in [0.3, 0.4) is 0 Å². The maximum atomic E-state index is 15.7. The lowest BCUT2D eigenvalue weighted by atomic mass is 10.0. The number of carbonyl (C=O) groups excluding carboxylic acids is 3. The van der Waals surface area contributed by atoms with E-state index in [1.165, 1.54) is 17.8 Å². The van der Waals surface area contributed by atoms with Crippen LogP contribution in [0.25, 0.3) is 0 Å². The number of likely N-dealkylation sites (tertiary alicyclic amines) is 1. The van der Waals surface area contributed by atoms with E-state index < -0.39 is 10.6 Å². The smallest absolute Gasteiger partial charge is 0.322 e. The molecule has 0 aromatic heterocycles. The average Bonchev–Trinajstić information content (AvgIpc) is 3.37. The van der Waals surface area contributed by atoms with Gasteiger partial charge in [-0.3, -0.25) is 19.4 Å². The molecule has 12 heteroatoms. The van der Waals surface area contributed by atoms with Crippen molar-refractivity contribution in [2.45, 2.75) is 75.1 Å². The molecule has 0 aliphatic carbocycles. The van der Waals surface area contributed by atoms with Crippen molar-refractivity contribution in [2.24, 2.45) is 0 Å². The molecule has 7 rings (SSSR count). The molecule has 2 N–H and O–H groups in total. The maximum absolute atomic E-state index is 15.7. The first kappa shape index (κ1) is 39.1. The van der Waals surface area contributed by atoms with Crippen molar-refractivity contribution in [2.75, 3.05) is 76.1 Å². The minimum absolute atomic E-state index is 0.0469. The third-order valence-corrected chi connectivity index (χ3v) is 13.2. The van der Waals surface area contributed by atoms with Crippen LogP contribution < -0.4 is 10.6 Å². The molecule has 4 heterocycles. The number of benzene rings is 3. The number of rotatable bonds is 11. The molecule has 0 bridgehead atoms. The largest absolute Gasteiger partial charge is 0.381 e.